The Morgan fingerprint density at radius 1 is 1.25 bits per heavy atom. The number of benzene rings is 1. The van der Waals surface area contributed by atoms with Crippen molar-refractivity contribution in [2.75, 3.05) is 46.4 Å². The van der Waals surface area contributed by atoms with Crippen LogP contribution in [0, 0.1) is 18.8 Å². The summed E-state index contributed by atoms with van der Waals surface area (Å²) in [7, 11) is 1.63. The number of rotatable bonds is 5. The molecule has 3 rings (SSSR count). The Bertz CT molecular complexity index is 584. The molecule has 2 heterocycles. The third-order valence-electron chi connectivity index (χ3n) is 5.52. The highest BCUT2D eigenvalue weighted by Crippen LogP contribution is 2.29. The van der Waals surface area contributed by atoms with Gasteiger partial charge in [-0.3, -0.25) is 4.79 Å². The molecule has 1 aromatic rings. The van der Waals surface area contributed by atoms with Gasteiger partial charge in [-0.15, -0.1) is 0 Å². The summed E-state index contributed by atoms with van der Waals surface area (Å²) in [5.41, 5.74) is 1.58. The summed E-state index contributed by atoms with van der Waals surface area (Å²) < 4.78 is 5.33. The lowest BCUT2D eigenvalue weighted by molar-refractivity contribution is 0.0778. The highest BCUT2D eigenvalue weighted by molar-refractivity contribution is 5.96. The molecule has 2 saturated heterocycles. The smallest absolute Gasteiger partial charge is 0.254 e. The molecule has 0 bridgehead atoms. The first-order valence-corrected chi connectivity index (χ1v) is 8.90. The topological polar surface area (TPSA) is 53.0 Å². The number of likely N-dealkylation sites (tertiary alicyclic amines) is 2. The van der Waals surface area contributed by atoms with Crippen LogP contribution in [0.5, 0.6) is 5.75 Å². The van der Waals surface area contributed by atoms with Gasteiger partial charge in [0.25, 0.3) is 5.91 Å². The molecular formula is C19H28N2O3. The minimum Gasteiger partial charge on any atom is -0.496 e. The lowest BCUT2D eigenvalue weighted by atomic mass is 9.96. The lowest BCUT2D eigenvalue weighted by Gasteiger charge is -2.23. The highest BCUT2D eigenvalue weighted by atomic mass is 16.5. The van der Waals surface area contributed by atoms with E-state index in [0.717, 1.165) is 37.5 Å². The predicted molar refractivity (Wildman–Crippen MR) is 93.4 cm³/mol. The quantitative estimate of drug-likeness (QED) is 0.893. The average molecular weight is 332 g/mol. The van der Waals surface area contributed by atoms with Crippen LogP contribution < -0.4 is 4.74 Å². The fraction of sp³-hybridized carbons (Fsp3) is 0.632. The predicted octanol–water partition coefficient (Wildman–Crippen LogP) is 1.78. The zero-order chi connectivity index (χ0) is 17.1. The van der Waals surface area contributed by atoms with Crippen LogP contribution in [0.25, 0.3) is 0 Å². The standard InChI is InChI=1S/C19H28N2O3/c1-14-17(6-5-7-18(14)24-2)19(23)21-11-15(16(12-21)13-22)10-20-8-3-4-9-20/h5-7,15-16,22H,3-4,8-13H2,1-2H3/t15-,16-/m1/s1. The van der Waals surface area contributed by atoms with Gasteiger partial charge in [-0.2, -0.15) is 0 Å². The number of hydrogen-bond donors (Lipinski definition) is 1. The van der Waals surface area contributed by atoms with Crippen molar-refractivity contribution < 1.29 is 14.6 Å². The van der Waals surface area contributed by atoms with Crippen LogP contribution in [-0.2, 0) is 0 Å². The van der Waals surface area contributed by atoms with Crippen LogP contribution >= 0.6 is 0 Å². The SMILES string of the molecule is COc1cccc(C(=O)N2C[C@@H](CN3CCCC3)[C@@H](CO)C2)c1C. The van der Waals surface area contributed by atoms with E-state index in [9.17, 15) is 9.90 Å². The Labute approximate surface area is 144 Å². The maximum atomic E-state index is 13.0. The molecule has 0 aliphatic carbocycles. The number of ether oxygens (including phenoxy) is 1. The number of carbonyl (C=O) groups excluding carboxylic acids is 1. The zero-order valence-corrected chi connectivity index (χ0v) is 14.7. The van der Waals surface area contributed by atoms with Crippen molar-refractivity contribution in [3.8, 4) is 5.75 Å². The number of amides is 1. The summed E-state index contributed by atoms with van der Waals surface area (Å²) in [5.74, 6) is 1.34. The zero-order valence-electron chi connectivity index (χ0n) is 14.7. The van der Waals surface area contributed by atoms with Gasteiger partial charge in [-0.25, -0.2) is 0 Å². The van der Waals surface area contributed by atoms with Crippen molar-refractivity contribution in [1.29, 1.82) is 0 Å². The Morgan fingerprint density at radius 2 is 1.96 bits per heavy atom. The number of carbonyl (C=O) groups is 1. The van der Waals surface area contributed by atoms with E-state index in [1.807, 2.05) is 30.0 Å². The van der Waals surface area contributed by atoms with Crippen LogP contribution in [-0.4, -0.2) is 67.3 Å². The van der Waals surface area contributed by atoms with Crippen LogP contribution in [0.1, 0.15) is 28.8 Å². The van der Waals surface area contributed by atoms with Crippen LogP contribution in [0.3, 0.4) is 0 Å². The molecule has 1 amide bonds. The van der Waals surface area contributed by atoms with Crippen molar-refractivity contribution in [2.45, 2.75) is 19.8 Å². The second-order valence-corrected chi connectivity index (χ2v) is 7.05. The Balaban J connectivity index is 1.71. The molecule has 0 aromatic heterocycles. The minimum atomic E-state index is 0.0498. The van der Waals surface area contributed by atoms with E-state index in [-0.39, 0.29) is 18.4 Å². The first kappa shape index (κ1) is 17.2. The molecule has 0 unspecified atom stereocenters. The third-order valence-corrected chi connectivity index (χ3v) is 5.52. The second-order valence-electron chi connectivity index (χ2n) is 7.05. The van der Waals surface area contributed by atoms with E-state index >= 15 is 0 Å². The van der Waals surface area contributed by atoms with Crippen molar-refractivity contribution in [3.63, 3.8) is 0 Å². The normalized spacial score (nSPS) is 24.5. The largest absolute Gasteiger partial charge is 0.496 e. The highest BCUT2D eigenvalue weighted by Gasteiger charge is 2.36. The molecule has 2 fully saturated rings. The number of aliphatic hydroxyl groups is 1. The van der Waals surface area contributed by atoms with Crippen molar-refractivity contribution >= 4 is 5.91 Å². The van der Waals surface area contributed by atoms with Gasteiger partial charge >= 0.3 is 0 Å². The molecule has 2 aliphatic rings. The molecular weight excluding hydrogens is 304 g/mol. The summed E-state index contributed by atoms with van der Waals surface area (Å²) in [6.45, 7) is 6.75. The van der Waals surface area contributed by atoms with Gasteiger partial charge in [-0.05, 0) is 50.9 Å². The molecule has 0 spiro atoms. The molecule has 5 nitrogen and oxygen atoms in total. The summed E-state index contributed by atoms with van der Waals surface area (Å²) in [4.78, 5) is 17.3. The van der Waals surface area contributed by atoms with E-state index < -0.39 is 0 Å². The summed E-state index contributed by atoms with van der Waals surface area (Å²) >= 11 is 0. The fourth-order valence-corrected chi connectivity index (χ4v) is 4.05. The molecule has 2 atom stereocenters. The summed E-state index contributed by atoms with van der Waals surface area (Å²) in [6, 6.07) is 5.60. The Hall–Kier alpha value is -1.59. The first-order valence-electron chi connectivity index (χ1n) is 8.90. The van der Waals surface area contributed by atoms with E-state index in [1.165, 1.54) is 12.8 Å². The fourth-order valence-electron chi connectivity index (χ4n) is 4.05. The monoisotopic (exact) mass is 332 g/mol. The Morgan fingerprint density at radius 3 is 2.62 bits per heavy atom. The second kappa shape index (κ2) is 7.53. The summed E-state index contributed by atoms with van der Waals surface area (Å²) in [6.07, 6.45) is 2.53. The summed E-state index contributed by atoms with van der Waals surface area (Å²) in [5, 5.41) is 9.74. The average Bonchev–Trinajstić information content (AvgIpc) is 3.24. The number of aliphatic hydroxyl groups excluding tert-OH is 1. The number of nitrogens with zero attached hydrogens (tertiary/aromatic N) is 2. The number of methoxy groups -OCH3 is 1. The first-order chi connectivity index (χ1) is 11.6. The van der Waals surface area contributed by atoms with E-state index in [2.05, 4.69) is 4.90 Å². The molecule has 1 N–H and O–H groups in total. The molecule has 5 heteroatoms. The van der Waals surface area contributed by atoms with Gasteiger partial charge in [0.15, 0.2) is 0 Å². The van der Waals surface area contributed by atoms with Gasteiger partial charge in [0.05, 0.1) is 7.11 Å². The van der Waals surface area contributed by atoms with E-state index in [1.54, 1.807) is 7.11 Å². The maximum absolute atomic E-state index is 13.0. The Kier molecular flexibility index (Phi) is 5.41. The van der Waals surface area contributed by atoms with Crippen molar-refractivity contribution in [1.82, 2.24) is 9.80 Å². The van der Waals surface area contributed by atoms with Gasteiger partial charge in [-0.1, -0.05) is 6.07 Å². The van der Waals surface area contributed by atoms with E-state index in [0.29, 0.717) is 18.0 Å². The molecule has 24 heavy (non-hydrogen) atoms. The number of hydrogen-bond acceptors (Lipinski definition) is 4. The lowest BCUT2D eigenvalue weighted by Crippen LogP contribution is -2.33. The van der Waals surface area contributed by atoms with Gasteiger partial charge in [0, 0.05) is 43.3 Å². The van der Waals surface area contributed by atoms with Gasteiger partial charge in [0.1, 0.15) is 5.75 Å². The maximum Gasteiger partial charge on any atom is 0.254 e. The van der Waals surface area contributed by atoms with E-state index in [4.69, 9.17) is 4.74 Å². The molecule has 1 aromatic carbocycles. The molecule has 132 valence electrons. The van der Waals surface area contributed by atoms with Crippen LogP contribution in [0.15, 0.2) is 18.2 Å². The molecule has 0 saturated carbocycles. The van der Waals surface area contributed by atoms with Crippen LogP contribution in [0.4, 0.5) is 0 Å². The van der Waals surface area contributed by atoms with Gasteiger partial charge < -0.3 is 19.6 Å². The third kappa shape index (κ3) is 3.42. The van der Waals surface area contributed by atoms with Gasteiger partial charge in [0.2, 0.25) is 0 Å². The van der Waals surface area contributed by atoms with Crippen LogP contribution in [0.2, 0.25) is 0 Å². The minimum absolute atomic E-state index is 0.0498. The van der Waals surface area contributed by atoms with Crippen molar-refractivity contribution in [3.05, 3.63) is 29.3 Å². The molecule has 2 aliphatic heterocycles. The van der Waals surface area contributed by atoms with Crippen molar-refractivity contribution in [2.24, 2.45) is 11.8 Å². The molecule has 0 radical (unpaired) electrons.